The maximum absolute atomic E-state index is 8.22. The lowest BCUT2D eigenvalue weighted by molar-refractivity contribution is 0.0906. The Morgan fingerprint density at radius 1 is 1.50 bits per heavy atom. The predicted octanol–water partition coefficient (Wildman–Crippen LogP) is 1.46. The van der Waals surface area contributed by atoms with Gasteiger partial charge in [0.15, 0.2) is 0 Å². The Kier molecular flexibility index (Phi) is 2.91. The van der Waals surface area contributed by atoms with Crippen molar-refractivity contribution in [2.45, 2.75) is 25.4 Å². The molecule has 0 aliphatic carbocycles. The third-order valence-electron chi connectivity index (χ3n) is 3.30. The molecule has 2 aliphatic heterocycles. The highest BCUT2D eigenvalue weighted by atomic mass is 16.5. The number of hydrogen-bond donors (Lipinski definition) is 1. The van der Waals surface area contributed by atoms with Crippen LogP contribution in [0.1, 0.15) is 19.3 Å². The lowest BCUT2D eigenvalue weighted by Gasteiger charge is -2.32. The van der Waals surface area contributed by atoms with Gasteiger partial charge in [0.1, 0.15) is 0 Å². The van der Waals surface area contributed by atoms with Crippen LogP contribution in [0, 0.1) is 5.41 Å². The molecule has 0 unspecified atom stereocenters. The number of azide groups is 1. The minimum atomic E-state index is 0.156. The van der Waals surface area contributed by atoms with E-state index in [0.29, 0.717) is 12.0 Å². The van der Waals surface area contributed by atoms with Gasteiger partial charge in [0.05, 0.1) is 19.3 Å². The maximum atomic E-state index is 8.22. The monoisotopic (exact) mass is 196 g/mol. The van der Waals surface area contributed by atoms with E-state index in [9.17, 15) is 0 Å². The zero-order valence-corrected chi connectivity index (χ0v) is 8.28. The topological polar surface area (TPSA) is 70.0 Å². The second-order valence-electron chi connectivity index (χ2n) is 4.30. The Bertz CT molecular complexity index is 243. The van der Waals surface area contributed by atoms with Gasteiger partial charge in [0.25, 0.3) is 0 Å². The molecule has 0 saturated carbocycles. The Labute approximate surface area is 83.4 Å². The van der Waals surface area contributed by atoms with E-state index in [1.165, 1.54) is 12.8 Å². The molecule has 0 bridgehead atoms. The standard InChI is InChI=1S/C9H16N4O/c10-13-12-6-8-5-9(7-14-8)1-3-11-4-2-9/h8,11H,1-7H2/t8-/m1/s1. The molecule has 2 aliphatic rings. The molecule has 2 rings (SSSR count). The first-order valence-electron chi connectivity index (χ1n) is 5.18. The molecule has 0 amide bonds. The molecule has 0 radical (unpaired) electrons. The molecule has 5 heteroatoms. The molecule has 1 N–H and O–H groups in total. The van der Waals surface area contributed by atoms with E-state index in [-0.39, 0.29) is 6.10 Å². The Morgan fingerprint density at radius 2 is 2.29 bits per heavy atom. The molecule has 2 fully saturated rings. The summed E-state index contributed by atoms with van der Waals surface area (Å²) >= 11 is 0. The van der Waals surface area contributed by atoms with Crippen molar-refractivity contribution in [1.29, 1.82) is 0 Å². The fourth-order valence-electron chi connectivity index (χ4n) is 2.45. The van der Waals surface area contributed by atoms with Crippen molar-refractivity contribution in [3.63, 3.8) is 0 Å². The average Bonchev–Trinajstić information content (AvgIpc) is 2.60. The third-order valence-corrected chi connectivity index (χ3v) is 3.30. The smallest absolute Gasteiger partial charge is 0.0637 e. The average molecular weight is 196 g/mol. The zero-order valence-electron chi connectivity index (χ0n) is 8.28. The van der Waals surface area contributed by atoms with Crippen molar-refractivity contribution >= 4 is 0 Å². The van der Waals surface area contributed by atoms with Crippen LogP contribution >= 0.6 is 0 Å². The highest BCUT2D eigenvalue weighted by molar-refractivity contribution is 4.91. The summed E-state index contributed by atoms with van der Waals surface area (Å²) in [4.78, 5) is 2.77. The minimum absolute atomic E-state index is 0.156. The molecular weight excluding hydrogens is 180 g/mol. The number of rotatable bonds is 2. The van der Waals surface area contributed by atoms with Crippen LogP contribution in [0.15, 0.2) is 5.11 Å². The van der Waals surface area contributed by atoms with E-state index in [4.69, 9.17) is 10.3 Å². The van der Waals surface area contributed by atoms with E-state index in [2.05, 4.69) is 15.3 Å². The summed E-state index contributed by atoms with van der Waals surface area (Å²) in [5, 5.41) is 6.93. The molecule has 1 spiro atoms. The van der Waals surface area contributed by atoms with E-state index >= 15 is 0 Å². The zero-order chi connectivity index (χ0) is 9.86. The van der Waals surface area contributed by atoms with Gasteiger partial charge in [-0.05, 0) is 43.3 Å². The Hall–Kier alpha value is -0.770. The molecule has 14 heavy (non-hydrogen) atoms. The van der Waals surface area contributed by atoms with Crippen LogP contribution < -0.4 is 5.32 Å². The summed E-state index contributed by atoms with van der Waals surface area (Å²) < 4.78 is 5.66. The first-order chi connectivity index (χ1) is 6.85. The summed E-state index contributed by atoms with van der Waals surface area (Å²) in [5.41, 5.74) is 8.60. The van der Waals surface area contributed by atoms with Gasteiger partial charge < -0.3 is 10.1 Å². The number of piperidine rings is 1. The highest BCUT2D eigenvalue weighted by Crippen LogP contribution is 2.40. The van der Waals surface area contributed by atoms with E-state index in [1.54, 1.807) is 0 Å². The van der Waals surface area contributed by atoms with Crippen molar-refractivity contribution in [2.24, 2.45) is 10.5 Å². The number of hydrogen-bond acceptors (Lipinski definition) is 3. The summed E-state index contributed by atoms with van der Waals surface area (Å²) in [6.45, 7) is 3.53. The van der Waals surface area contributed by atoms with E-state index in [0.717, 1.165) is 26.1 Å². The first-order valence-corrected chi connectivity index (χ1v) is 5.18. The summed E-state index contributed by atoms with van der Waals surface area (Å²) in [5.74, 6) is 0. The van der Waals surface area contributed by atoms with Crippen LogP contribution in [-0.2, 0) is 4.74 Å². The fraction of sp³-hybridized carbons (Fsp3) is 1.00. The second-order valence-corrected chi connectivity index (χ2v) is 4.30. The molecule has 0 aromatic heterocycles. The third kappa shape index (κ3) is 2.00. The lowest BCUT2D eigenvalue weighted by atomic mass is 9.77. The number of nitrogens with zero attached hydrogens (tertiary/aromatic N) is 3. The van der Waals surface area contributed by atoms with Crippen molar-refractivity contribution in [1.82, 2.24) is 5.32 Å². The van der Waals surface area contributed by atoms with Crippen LogP contribution in [0.2, 0.25) is 0 Å². The van der Waals surface area contributed by atoms with Crippen LogP contribution in [0.3, 0.4) is 0 Å². The van der Waals surface area contributed by atoms with E-state index in [1.807, 2.05) is 0 Å². The van der Waals surface area contributed by atoms with Crippen molar-refractivity contribution in [2.75, 3.05) is 26.2 Å². The van der Waals surface area contributed by atoms with Crippen LogP contribution in [0.4, 0.5) is 0 Å². The number of nitrogens with one attached hydrogen (secondary N) is 1. The van der Waals surface area contributed by atoms with Gasteiger partial charge in [-0.15, -0.1) is 0 Å². The molecule has 78 valence electrons. The van der Waals surface area contributed by atoms with Gasteiger partial charge in [0.2, 0.25) is 0 Å². The van der Waals surface area contributed by atoms with Gasteiger partial charge in [-0.1, -0.05) is 5.11 Å². The van der Waals surface area contributed by atoms with Crippen molar-refractivity contribution in [3.8, 4) is 0 Å². The molecule has 2 heterocycles. The maximum Gasteiger partial charge on any atom is 0.0637 e. The fourth-order valence-corrected chi connectivity index (χ4v) is 2.45. The van der Waals surface area contributed by atoms with Gasteiger partial charge in [0, 0.05) is 4.91 Å². The predicted molar refractivity (Wildman–Crippen MR) is 52.9 cm³/mol. The van der Waals surface area contributed by atoms with Gasteiger partial charge in [-0.25, -0.2) is 0 Å². The van der Waals surface area contributed by atoms with Crippen LogP contribution in [0.25, 0.3) is 10.4 Å². The number of ether oxygens (including phenoxy) is 1. The quantitative estimate of drug-likeness (QED) is 0.412. The normalized spacial score (nSPS) is 30.1. The Balaban J connectivity index is 1.88. The summed E-state index contributed by atoms with van der Waals surface area (Å²) in [6, 6.07) is 0. The summed E-state index contributed by atoms with van der Waals surface area (Å²) in [7, 11) is 0. The molecule has 0 aromatic carbocycles. The first kappa shape index (κ1) is 9.77. The molecule has 1 atom stereocenters. The lowest BCUT2D eigenvalue weighted by Crippen LogP contribution is -2.37. The molecule has 5 nitrogen and oxygen atoms in total. The Morgan fingerprint density at radius 3 is 3.00 bits per heavy atom. The second kappa shape index (κ2) is 4.17. The molecular formula is C9H16N4O. The van der Waals surface area contributed by atoms with Crippen LogP contribution in [0.5, 0.6) is 0 Å². The summed E-state index contributed by atoms with van der Waals surface area (Å²) in [6.07, 6.45) is 3.61. The van der Waals surface area contributed by atoms with Crippen LogP contribution in [-0.4, -0.2) is 32.3 Å². The van der Waals surface area contributed by atoms with Crippen molar-refractivity contribution < 1.29 is 4.74 Å². The highest BCUT2D eigenvalue weighted by Gasteiger charge is 2.40. The van der Waals surface area contributed by atoms with E-state index < -0.39 is 0 Å². The van der Waals surface area contributed by atoms with Gasteiger partial charge >= 0.3 is 0 Å². The minimum Gasteiger partial charge on any atom is -0.377 e. The molecule has 0 aromatic rings. The SMILES string of the molecule is [N-]=[N+]=NC[C@H]1CC2(CCNCC2)CO1. The molecule has 2 saturated heterocycles. The van der Waals surface area contributed by atoms with Gasteiger partial charge in [-0.3, -0.25) is 0 Å². The van der Waals surface area contributed by atoms with Crippen molar-refractivity contribution in [3.05, 3.63) is 10.4 Å². The largest absolute Gasteiger partial charge is 0.377 e. The van der Waals surface area contributed by atoms with Gasteiger partial charge in [-0.2, -0.15) is 0 Å².